The van der Waals surface area contributed by atoms with Gasteiger partial charge in [-0.15, -0.1) is 0 Å². The van der Waals surface area contributed by atoms with Crippen LogP contribution in [-0.4, -0.2) is 46.7 Å². The van der Waals surface area contributed by atoms with Crippen molar-refractivity contribution >= 4 is 16.7 Å². The Hall–Kier alpha value is -1.65. The molecule has 0 atom stereocenters. The molecule has 0 radical (unpaired) electrons. The zero-order chi connectivity index (χ0) is 18.3. The number of nitrogens with one attached hydrogen (secondary N) is 1. The van der Waals surface area contributed by atoms with E-state index in [0.717, 1.165) is 26.2 Å². The van der Waals surface area contributed by atoms with E-state index in [1.54, 1.807) is 0 Å². The summed E-state index contributed by atoms with van der Waals surface area (Å²) in [7, 11) is 0. The van der Waals surface area contributed by atoms with Crippen molar-refractivity contribution in [1.82, 2.24) is 14.8 Å². The van der Waals surface area contributed by atoms with Crippen LogP contribution in [0.5, 0.6) is 0 Å². The van der Waals surface area contributed by atoms with E-state index in [-0.39, 0.29) is 17.0 Å². The number of carbonyl (C=O) groups excluding carboxylic acids is 1. The highest BCUT2D eigenvalue weighted by Gasteiger charge is 2.67. The van der Waals surface area contributed by atoms with Gasteiger partial charge in [-0.2, -0.15) is 0 Å². The molecule has 0 saturated carbocycles. The number of hydrogen-bond donors (Lipinski definition) is 1. The minimum absolute atomic E-state index is 0.205. The first kappa shape index (κ1) is 16.5. The summed E-state index contributed by atoms with van der Waals surface area (Å²) in [6.07, 6.45) is 2.47. The third-order valence-electron chi connectivity index (χ3n) is 7.65. The molecule has 4 aliphatic rings. The molecule has 6 rings (SSSR count). The Balaban J connectivity index is 1.63. The lowest BCUT2D eigenvalue weighted by molar-refractivity contribution is -0.217. The monoisotopic (exact) mass is 351 g/mol. The topological polar surface area (TPSA) is 39.3 Å². The largest absolute Gasteiger partial charge is 0.361 e. The zero-order valence-corrected chi connectivity index (χ0v) is 16.2. The van der Waals surface area contributed by atoms with Crippen molar-refractivity contribution < 1.29 is 4.79 Å². The Morgan fingerprint density at radius 1 is 0.962 bits per heavy atom. The van der Waals surface area contributed by atoms with Crippen molar-refractivity contribution in [3.8, 4) is 0 Å². The van der Waals surface area contributed by atoms with E-state index < -0.39 is 0 Å². The summed E-state index contributed by atoms with van der Waals surface area (Å²) < 4.78 is 0. The summed E-state index contributed by atoms with van der Waals surface area (Å²) in [5.41, 5.74) is 2.16. The van der Waals surface area contributed by atoms with E-state index in [0.29, 0.717) is 17.6 Å². The molecule has 4 saturated heterocycles. The molecular weight excluding hydrogens is 322 g/mol. The zero-order valence-electron chi connectivity index (χ0n) is 16.2. The van der Waals surface area contributed by atoms with Crippen LogP contribution in [0.4, 0.5) is 0 Å². The third-order valence-corrected chi connectivity index (χ3v) is 7.65. The number of H-pyrrole nitrogens is 1. The molecule has 138 valence electrons. The van der Waals surface area contributed by atoms with Crippen molar-refractivity contribution in [3.63, 3.8) is 0 Å². The summed E-state index contributed by atoms with van der Waals surface area (Å²) in [6.45, 7) is 12.6. The van der Waals surface area contributed by atoms with Gasteiger partial charge < -0.3 is 4.98 Å². The highest BCUT2D eigenvalue weighted by atomic mass is 16.1. The number of nitrogens with zero attached hydrogens (tertiary/aromatic N) is 2. The van der Waals surface area contributed by atoms with E-state index in [1.807, 2.05) is 0 Å². The average molecular weight is 351 g/mol. The molecule has 1 N–H and O–H groups in total. The number of fused-ring (bicyclic) bond motifs is 1. The molecule has 1 aromatic heterocycles. The van der Waals surface area contributed by atoms with Crippen LogP contribution in [0, 0.1) is 22.7 Å². The molecule has 4 aliphatic heterocycles. The summed E-state index contributed by atoms with van der Waals surface area (Å²) in [4.78, 5) is 22.3. The van der Waals surface area contributed by atoms with Crippen LogP contribution in [-0.2, 0) is 4.79 Å². The third kappa shape index (κ3) is 1.84. The molecule has 4 heteroatoms. The number of piperidine rings is 2. The van der Waals surface area contributed by atoms with E-state index in [9.17, 15) is 4.79 Å². The first-order valence-corrected chi connectivity index (χ1v) is 9.98. The second-order valence-electron chi connectivity index (χ2n) is 9.42. The molecule has 1 aromatic carbocycles. The van der Waals surface area contributed by atoms with Gasteiger partial charge in [0.2, 0.25) is 0 Å². The molecule has 4 nitrogen and oxygen atoms in total. The minimum atomic E-state index is -0.205. The van der Waals surface area contributed by atoms with Gasteiger partial charge in [0.1, 0.15) is 0 Å². The molecule has 4 fully saturated rings. The number of aromatic nitrogens is 1. The fraction of sp³-hybridized carbons (Fsp3) is 0.591. The van der Waals surface area contributed by atoms with Crippen LogP contribution in [0.15, 0.2) is 30.5 Å². The van der Waals surface area contributed by atoms with Gasteiger partial charge >= 0.3 is 0 Å². The van der Waals surface area contributed by atoms with E-state index in [4.69, 9.17) is 0 Å². The van der Waals surface area contributed by atoms with Gasteiger partial charge in [0.15, 0.2) is 5.78 Å². The lowest BCUT2D eigenvalue weighted by Crippen LogP contribution is -2.78. The maximum Gasteiger partial charge on any atom is 0.150 e. The Kier molecular flexibility index (Phi) is 3.31. The van der Waals surface area contributed by atoms with Gasteiger partial charge in [0.25, 0.3) is 0 Å². The highest BCUT2D eigenvalue weighted by Crippen LogP contribution is 2.57. The minimum Gasteiger partial charge on any atom is -0.361 e. The fourth-order valence-electron chi connectivity index (χ4n) is 5.98. The predicted molar refractivity (Wildman–Crippen MR) is 104 cm³/mol. The Morgan fingerprint density at radius 3 is 2.04 bits per heavy atom. The van der Waals surface area contributed by atoms with Gasteiger partial charge in [-0.25, -0.2) is 0 Å². The van der Waals surface area contributed by atoms with Crippen LogP contribution in [0.25, 0.3) is 10.9 Å². The number of Topliss-reactive ketones (excluding diaryl/α,β-unsaturated/α-hetero) is 1. The van der Waals surface area contributed by atoms with E-state index in [1.165, 1.54) is 16.5 Å². The van der Waals surface area contributed by atoms with E-state index in [2.05, 4.69) is 72.9 Å². The smallest absolute Gasteiger partial charge is 0.150 e. The standard InChI is InChI=1S/C22H29N3O/c1-14(2)21-10-24-12-22(15(3)4,20(21)26)13-25(11-21)19(24)17-9-23-18-8-6-5-7-16(17)18/h5-9,14-15,19,23H,10-13H2,1-4H3. The Morgan fingerprint density at radius 2 is 1.50 bits per heavy atom. The highest BCUT2D eigenvalue weighted by molar-refractivity contribution is 5.94. The molecule has 2 aromatic rings. The fourth-order valence-corrected chi connectivity index (χ4v) is 5.98. The lowest BCUT2D eigenvalue weighted by atomic mass is 9.53. The normalized spacial score (nSPS) is 38.8. The molecule has 4 bridgehead atoms. The van der Waals surface area contributed by atoms with Crippen molar-refractivity contribution in [2.24, 2.45) is 22.7 Å². The van der Waals surface area contributed by atoms with Gasteiger partial charge in [-0.1, -0.05) is 45.9 Å². The number of carbonyl (C=O) groups is 1. The average Bonchev–Trinajstić information content (AvgIpc) is 3.01. The number of ketones is 1. The van der Waals surface area contributed by atoms with Crippen molar-refractivity contribution in [2.75, 3.05) is 26.2 Å². The molecular formula is C22H29N3O. The van der Waals surface area contributed by atoms with Crippen LogP contribution in [0.3, 0.4) is 0 Å². The summed E-state index contributed by atoms with van der Waals surface area (Å²) >= 11 is 0. The lowest BCUT2D eigenvalue weighted by Gasteiger charge is -2.68. The van der Waals surface area contributed by atoms with Crippen LogP contribution >= 0.6 is 0 Å². The van der Waals surface area contributed by atoms with E-state index >= 15 is 0 Å². The molecule has 0 aliphatic carbocycles. The van der Waals surface area contributed by atoms with Crippen molar-refractivity contribution in [3.05, 3.63) is 36.0 Å². The number of aromatic amines is 1. The first-order chi connectivity index (χ1) is 12.4. The number of para-hydroxylation sites is 1. The van der Waals surface area contributed by atoms with Gasteiger partial charge in [-0.3, -0.25) is 14.6 Å². The second-order valence-corrected chi connectivity index (χ2v) is 9.42. The predicted octanol–water partition coefficient (Wildman–Crippen LogP) is 3.67. The van der Waals surface area contributed by atoms with Crippen molar-refractivity contribution in [1.29, 1.82) is 0 Å². The summed E-state index contributed by atoms with van der Waals surface area (Å²) in [5.74, 6) is 1.30. The maximum absolute atomic E-state index is 13.6. The summed E-state index contributed by atoms with van der Waals surface area (Å²) in [5, 5.41) is 1.31. The maximum atomic E-state index is 13.6. The molecule has 5 heterocycles. The summed E-state index contributed by atoms with van der Waals surface area (Å²) in [6, 6.07) is 8.57. The second kappa shape index (κ2) is 5.20. The molecule has 0 amide bonds. The Labute approximate surface area is 155 Å². The molecule has 26 heavy (non-hydrogen) atoms. The number of benzene rings is 1. The van der Waals surface area contributed by atoms with Gasteiger partial charge in [0.05, 0.1) is 17.0 Å². The van der Waals surface area contributed by atoms with Gasteiger partial charge in [-0.05, 0) is 17.9 Å². The number of rotatable bonds is 3. The quantitative estimate of drug-likeness (QED) is 0.917. The molecule has 0 unspecified atom stereocenters. The van der Waals surface area contributed by atoms with Crippen LogP contribution in [0.2, 0.25) is 0 Å². The number of hydrogen-bond acceptors (Lipinski definition) is 3. The Bertz CT molecular complexity index is 834. The van der Waals surface area contributed by atoms with Crippen LogP contribution < -0.4 is 0 Å². The SMILES string of the molecule is CC(C)C12CN3CC(C(C)C)(CN(C1)C3c1c[nH]c3ccccc13)C2=O. The molecule has 0 spiro atoms. The van der Waals surface area contributed by atoms with Crippen molar-refractivity contribution in [2.45, 2.75) is 33.9 Å². The van der Waals surface area contributed by atoms with Crippen LogP contribution in [0.1, 0.15) is 39.4 Å². The van der Waals surface area contributed by atoms with Gasteiger partial charge in [0, 0.05) is 48.8 Å². The first-order valence-electron chi connectivity index (χ1n) is 9.98.